The van der Waals surface area contributed by atoms with Crippen molar-refractivity contribution in [1.82, 2.24) is 19.5 Å². The molecular weight excluding hydrogens is 765 g/mol. The summed E-state index contributed by atoms with van der Waals surface area (Å²) >= 11 is 0. The Bertz CT molecular complexity index is 3600. The van der Waals surface area contributed by atoms with Crippen LogP contribution in [0, 0.1) is 0 Å². The number of pyridine rings is 1. The molecular formula is C59H38N4. The van der Waals surface area contributed by atoms with E-state index >= 15 is 0 Å². The molecule has 3 heterocycles. The number of para-hydroxylation sites is 2. The summed E-state index contributed by atoms with van der Waals surface area (Å²) in [6, 6.07) is 81.6. The highest BCUT2D eigenvalue weighted by molar-refractivity contribution is 6.15. The summed E-state index contributed by atoms with van der Waals surface area (Å²) in [5, 5.41) is 5.98. The Morgan fingerprint density at radius 1 is 0.302 bits per heavy atom. The summed E-state index contributed by atoms with van der Waals surface area (Å²) in [5.74, 6) is 0.689. The van der Waals surface area contributed by atoms with Gasteiger partial charge in [0.15, 0.2) is 5.82 Å². The summed E-state index contributed by atoms with van der Waals surface area (Å²) in [4.78, 5) is 15.6. The zero-order valence-electron chi connectivity index (χ0n) is 34.2. The van der Waals surface area contributed by atoms with Gasteiger partial charge in [0, 0.05) is 44.1 Å². The van der Waals surface area contributed by atoms with Crippen LogP contribution in [-0.2, 0) is 0 Å². The van der Waals surface area contributed by atoms with Crippen LogP contribution in [0.25, 0.3) is 117 Å². The van der Waals surface area contributed by atoms with Crippen LogP contribution in [0.15, 0.2) is 231 Å². The van der Waals surface area contributed by atoms with Crippen LogP contribution in [0.3, 0.4) is 0 Å². The van der Waals surface area contributed by atoms with Gasteiger partial charge in [-0.3, -0.25) is 0 Å². The molecule has 0 saturated carbocycles. The third-order valence-electron chi connectivity index (χ3n) is 12.2. The number of hydrogen-bond acceptors (Lipinski definition) is 3. The third-order valence-corrected chi connectivity index (χ3v) is 12.2. The van der Waals surface area contributed by atoms with Crippen LogP contribution in [0.5, 0.6) is 0 Å². The van der Waals surface area contributed by atoms with Crippen LogP contribution in [0.1, 0.15) is 0 Å². The second-order valence-electron chi connectivity index (χ2n) is 16.0. The van der Waals surface area contributed by atoms with Gasteiger partial charge in [-0.25, -0.2) is 15.0 Å². The molecule has 294 valence electrons. The van der Waals surface area contributed by atoms with Gasteiger partial charge >= 0.3 is 0 Å². The Balaban J connectivity index is 0.955. The molecule has 12 aromatic rings. The van der Waals surface area contributed by atoms with Gasteiger partial charge in [0.2, 0.25) is 0 Å². The Kier molecular flexibility index (Phi) is 8.79. The van der Waals surface area contributed by atoms with Crippen LogP contribution < -0.4 is 0 Å². The highest BCUT2D eigenvalue weighted by Crippen LogP contribution is 2.39. The van der Waals surface area contributed by atoms with Crippen molar-refractivity contribution in [1.29, 1.82) is 0 Å². The highest BCUT2D eigenvalue weighted by Gasteiger charge is 2.17. The summed E-state index contributed by atoms with van der Waals surface area (Å²) < 4.78 is 2.35. The van der Waals surface area contributed by atoms with Gasteiger partial charge in [-0.1, -0.05) is 182 Å². The molecule has 0 radical (unpaired) electrons. The second kappa shape index (κ2) is 15.2. The molecule has 3 aromatic heterocycles. The highest BCUT2D eigenvalue weighted by atomic mass is 15.0. The summed E-state index contributed by atoms with van der Waals surface area (Å²) in [5.41, 5.74) is 15.8. The fourth-order valence-corrected chi connectivity index (χ4v) is 9.13. The summed E-state index contributed by atoms with van der Waals surface area (Å²) in [6.07, 6.45) is 0. The van der Waals surface area contributed by atoms with E-state index in [1.54, 1.807) is 0 Å². The van der Waals surface area contributed by atoms with E-state index in [1.165, 1.54) is 43.7 Å². The quantitative estimate of drug-likeness (QED) is 0.151. The zero-order valence-corrected chi connectivity index (χ0v) is 34.2. The maximum atomic E-state index is 5.22. The fourth-order valence-electron chi connectivity index (χ4n) is 9.13. The van der Waals surface area contributed by atoms with Gasteiger partial charge in [0.05, 0.1) is 33.6 Å². The normalized spacial score (nSPS) is 11.5. The minimum Gasteiger partial charge on any atom is -0.309 e. The number of benzene rings is 9. The topological polar surface area (TPSA) is 43.6 Å². The average Bonchev–Trinajstić information content (AvgIpc) is 3.71. The lowest BCUT2D eigenvalue weighted by atomic mass is 9.92. The molecule has 0 bridgehead atoms. The standard InChI is InChI=1S/C59H38N4/c1-4-15-40(16-5-1)51-37-53(42-17-6-2-7-18-42)60-52-34-33-41-29-32-45(36-50(41)58(51)52)39-27-30-43(31-28-39)54-38-55(62-59(61-54)44-19-8-3-9-20-44)46-21-14-22-47(35-46)63-56-25-12-10-23-48(56)49-24-11-13-26-57(49)63/h1-38H. The second-order valence-corrected chi connectivity index (χ2v) is 16.0. The molecule has 4 heteroatoms. The molecule has 0 unspecified atom stereocenters. The first kappa shape index (κ1) is 36.4. The van der Waals surface area contributed by atoms with Gasteiger partial charge in [-0.15, -0.1) is 0 Å². The molecule has 0 amide bonds. The SMILES string of the molecule is c1ccc(-c2cc(-c3ccccc3)c3c(ccc4ccc(-c5ccc(-c6cc(-c7cccc(-n8c9ccccc9c9ccccc98)c7)nc(-c7ccccc7)n6)cc5)cc43)n2)cc1. The van der Waals surface area contributed by atoms with Crippen molar-refractivity contribution in [3.05, 3.63) is 231 Å². The van der Waals surface area contributed by atoms with E-state index in [9.17, 15) is 0 Å². The molecule has 0 saturated heterocycles. The first-order valence-electron chi connectivity index (χ1n) is 21.3. The van der Waals surface area contributed by atoms with Crippen molar-refractivity contribution in [2.45, 2.75) is 0 Å². The first-order valence-corrected chi connectivity index (χ1v) is 21.3. The summed E-state index contributed by atoms with van der Waals surface area (Å²) in [6.45, 7) is 0. The van der Waals surface area contributed by atoms with Gasteiger partial charge in [0.25, 0.3) is 0 Å². The first-order chi connectivity index (χ1) is 31.2. The lowest BCUT2D eigenvalue weighted by molar-refractivity contribution is 1.16. The molecule has 9 aromatic carbocycles. The molecule has 4 nitrogen and oxygen atoms in total. The van der Waals surface area contributed by atoms with Crippen molar-refractivity contribution >= 4 is 43.5 Å². The van der Waals surface area contributed by atoms with E-state index in [1.807, 2.05) is 24.3 Å². The maximum Gasteiger partial charge on any atom is 0.160 e. The van der Waals surface area contributed by atoms with Gasteiger partial charge in [0.1, 0.15) is 0 Å². The van der Waals surface area contributed by atoms with Crippen LogP contribution >= 0.6 is 0 Å². The Hall–Kier alpha value is -8.47. The minimum atomic E-state index is 0.689. The van der Waals surface area contributed by atoms with E-state index in [-0.39, 0.29) is 0 Å². The van der Waals surface area contributed by atoms with Gasteiger partial charge in [-0.05, 0) is 81.6 Å². The predicted octanol–water partition coefficient (Wildman–Crippen LogP) is 15.3. The fraction of sp³-hybridized carbons (Fsp3) is 0. The Labute approximate surface area is 365 Å². The van der Waals surface area contributed by atoms with E-state index in [0.717, 1.165) is 67.1 Å². The zero-order chi connectivity index (χ0) is 41.7. The molecule has 0 aliphatic carbocycles. The molecule has 0 aliphatic heterocycles. The van der Waals surface area contributed by atoms with Crippen molar-refractivity contribution in [2.24, 2.45) is 0 Å². The Morgan fingerprint density at radius 2 is 0.825 bits per heavy atom. The average molecular weight is 803 g/mol. The minimum absolute atomic E-state index is 0.689. The van der Waals surface area contributed by atoms with Crippen LogP contribution in [0.4, 0.5) is 0 Å². The Morgan fingerprint density at radius 3 is 1.52 bits per heavy atom. The molecule has 0 N–H and O–H groups in total. The van der Waals surface area contributed by atoms with Crippen molar-refractivity contribution < 1.29 is 0 Å². The molecule has 0 spiro atoms. The smallest absolute Gasteiger partial charge is 0.160 e. The number of hydrogen-bond donors (Lipinski definition) is 0. The monoisotopic (exact) mass is 802 g/mol. The molecule has 0 atom stereocenters. The lowest BCUT2D eigenvalue weighted by Crippen LogP contribution is -1.97. The molecule has 0 aliphatic rings. The third kappa shape index (κ3) is 6.53. The number of fused-ring (bicyclic) bond motifs is 6. The summed E-state index contributed by atoms with van der Waals surface area (Å²) in [7, 11) is 0. The van der Waals surface area contributed by atoms with Crippen LogP contribution in [-0.4, -0.2) is 19.5 Å². The van der Waals surface area contributed by atoms with Crippen LogP contribution in [0.2, 0.25) is 0 Å². The number of rotatable bonds is 7. The van der Waals surface area contributed by atoms with Crippen molar-refractivity contribution in [2.75, 3.05) is 0 Å². The van der Waals surface area contributed by atoms with E-state index in [2.05, 4.69) is 211 Å². The molecule has 0 fully saturated rings. The van der Waals surface area contributed by atoms with E-state index in [0.29, 0.717) is 5.82 Å². The van der Waals surface area contributed by atoms with E-state index in [4.69, 9.17) is 15.0 Å². The van der Waals surface area contributed by atoms with Crippen molar-refractivity contribution in [3.8, 4) is 73.1 Å². The van der Waals surface area contributed by atoms with E-state index < -0.39 is 0 Å². The number of nitrogens with zero attached hydrogens (tertiary/aromatic N) is 4. The largest absolute Gasteiger partial charge is 0.309 e. The van der Waals surface area contributed by atoms with Gasteiger partial charge < -0.3 is 4.57 Å². The number of aromatic nitrogens is 4. The van der Waals surface area contributed by atoms with Gasteiger partial charge in [-0.2, -0.15) is 0 Å². The lowest BCUT2D eigenvalue weighted by Gasteiger charge is -2.14. The van der Waals surface area contributed by atoms with Crippen molar-refractivity contribution in [3.63, 3.8) is 0 Å². The predicted molar refractivity (Wildman–Crippen MR) is 262 cm³/mol. The molecule has 63 heavy (non-hydrogen) atoms. The molecule has 12 rings (SSSR count). The maximum absolute atomic E-state index is 5.22.